The van der Waals surface area contributed by atoms with Gasteiger partial charge in [-0.05, 0) is 45.2 Å². The Morgan fingerprint density at radius 1 is 1.19 bits per heavy atom. The molecule has 1 aromatic carbocycles. The first kappa shape index (κ1) is 24.1. The monoisotopic (exact) mass is 507 g/mol. The number of esters is 1. The number of rotatable bonds is 6. The van der Waals surface area contributed by atoms with Crippen molar-refractivity contribution in [3.05, 3.63) is 78.7 Å². The highest BCUT2D eigenvalue weighted by Gasteiger charge is 2.35. The largest absolute Gasteiger partial charge is 0.496 e. The van der Waals surface area contributed by atoms with Gasteiger partial charge < -0.3 is 18.8 Å². The fourth-order valence-corrected chi connectivity index (χ4v) is 5.84. The summed E-state index contributed by atoms with van der Waals surface area (Å²) >= 11 is 1.27. The molecular weight excluding hydrogens is 478 g/mol. The van der Waals surface area contributed by atoms with E-state index in [9.17, 15) is 9.59 Å². The minimum absolute atomic E-state index is 0.219. The van der Waals surface area contributed by atoms with E-state index < -0.39 is 12.0 Å². The Bertz CT molecular complexity index is 1490. The van der Waals surface area contributed by atoms with Gasteiger partial charge in [-0.2, -0.15) is 0 Å². The predicted octanol–water partition coefficient (Wildman–Crippen LogP) is 3.39. The van der Waals surface area contributed by atoms with E-state index in [2.05, 4.69) is 9.89 Å². The maximum absolute atomic E-state index is 13.8. The normalized spacial score (nSPS) is 18.1. The molecule has 2 aliphatic rings. The number of carbonyl (C=O) groups is 1. The van der Waals surface area contributed by atoms with Gasteiger partial charge in [-0.1, -0.05) is 29.5 Å². The number of thiazole rings is 1. The molecule has 4 heterocycles. The number of ether oxygens (including phenoxy) is 2. The molecule has 8 nitrogen and oxygen atoms in total. The second-order valence-electron chi connectivity index (χ2n) is 8.77. The number of hydrogen-bond acceptors (Lipinski definition) is 8. The van der Waals surface area contributed by atoms with E-state index in [1.54, 1.807) is 31.6 Å². The number of fused-ring (bicyclic) bond motifs is 1. The number of allylic oxidation sites excluding steroid dienone is 1. The van der Waals surface area contributed by atoms with Crippen LogP contribution >= 0.6 is 11.3 Å². The summed E-state index contributed by atoms with van der Waals surface area (Å²) in [7, 11) is 1.57. The van der Waals surface area contributed by atoms with Gasteiger partial charge >= 0.3 is 5.97 Å². The molecule has 0 saturated carbocycles. The van der Waals surface area contributed by atoms with Crippen LogP contribution in [0.2, 0.25) is 0 Å². The van der Waals surface area contributed by atoms with Crippen molar-refractivity contribution in [3.63, 3.8) is 0 Å². The van der Waals surface area contributed by atoms with E-state index in [1.807, 2.05) is 36.4 Å². The topological polar surface area (TPSA) is 86.3 Å². The summed E-state index contributed by atoms with van der Waals surface area (Å²) in [4.78, 5) is 34.2. The van der Waals surface area contributed by atoms with Gasteiger partial charge in [0.15, 0.2) is 10.7 Å². The van der Waals surface area contributed by atoms with Gasteiger partial charge in [0.1, 0.15) is 17.6 Å². The Hall–Kier alpha value is -3.59. The lowest BCUT2D eigenvalue weighted by molar-refractivity contribution is -0.139. The molecule has 0 spiro atoms. The van der Waals surface area contributed by atoms with Crippen molar-refractivity contribution in [2.45, 2.75) is 39.2 Å². The van der Waals surface area contributed by atoms with Gasteiger partial charge in [-0.25, -0.2) is 9.79 Å². The Morgan fingerprint density at radius 3 is 2.72 bits per heavy atom. The second-order valence-corrected chi connectivity index (χ2v) is 9.78. The molecule has 0 bridgehead atoms. The van der Waals surface area contributed by atoms with Crippen LogP contribution in [-0.2, 0) is 9.53 Å². The third kappa shape index (κ3) is 4.39. The number of furan rings is 1. The van der Waals surface area contributed by atoms with Crippen molar-refractivity contribution >= 4 is 29.3 Å². The fourth-order valence-electron chi connectivity index (χ4n) is 4.81. The second kappa shape index (κ2) is 10.2. The molecule has 0 radical (unpaired) electrons. The molecule has 1 unspecified atom stereocenters. The maximum atomic E-state index is 13.8. The number of methoxy groups -OCH3 is 1. The summed E-state index contributed by atoms with van der Waals surface area (Å²) < 4.78 is 19.1. The van der Waals surface area contributed by atoms with Crippen LogP contribution in [0.25, 0.3) is 6.08 Å². The Kier molecular flexibility index (Phi) is 6.82. The third-order valence-corrected chi connectivity index (χ3v) is 7.49. The lowest BCUT2D eigenvalue weighted by atomic mass is 9.95. The smallest absolute Gasteiger partial charge is 0.338 e. The molecule has 9 heteroatoms. The molecule has 3 aromatic rings. The number of para-hydroxylation sites is 1. The summed E-state index contributed by atoms with van der Waals surface area (Å²) in [6, 6.07) is 10.5. The average Bonchev–Trinajstić information content (AvgIpc) is 3.48. The van der Waals surface area contributed by atoms with Gasteiger partial charge in [0.05, 0.1) is 29.5 Å². The molecule has 0 aliphatic carbocycles. The predicted molar refractivity (Wildman–Crippen MR) is 138 cm³/mol. The summed E-state index contributed by atoms with van der Waals surface area (Å²) in [6.45, 7) is 5.69. The van der Waals surface area contributed by atoms with Crippen LogP contribution in [0.5, 0.6) is 5.75 Å². The minimum atomic E-state index is -0.723. The summed E-state index contributed by atoms with van der Waals surface area (Å²) in [5, 5.41) is 0. The van der Waals surface area contributed by atoms with Crippen molar-refractivity contribution in [2.75, 3.05) is 31.7 Å². The van der Waals surface area contributed by atoms with Crippen molar-refractivity contribution in [3.8, 4) is 5.75 Å². The molecule has 0 N–H and O–H groups in total. The highest BCUT2D eigenvalue weighted by atomic mass is 32.1. The Labute approximate surface area is 212 Å². The van der Waals surface area contributed by atoms with Crippen LogP contribution in [0.1, 0.15) is 50.5 Å². The van der Waals surface area contributed by atoms with E-state index in [4.69, 9.17) is 13.9 Å². The zero-order valence-electron chi connectivity index (χ0n) is 20.7. The number of piperidine rings is 1. The Morgan fingerprint density at radius 2 is 1.97 bits per heavy atom. The molecular formula is C27H29N3O5S. The van der Waals surface area contributed by atoms with E-state index in [-0.39, 0.29) is 12.2 Å². The molecule has 36 heavy (non-hydrogen) atoms. The zero-order chi connectivity index (χ0) is 25.2. The first-order valence-corrected chi connectivity index (χ1v) is 13.0. The highest BCUT2D eigenvalue weighted by Crippen LogP contribution is 2.35. The number of hydrogen-bond donors (Lipinski definition) is 0. The molecule has 1 saturated heterocycles. The quantitative estimate of drug-likeness (QED) is 0.476. The van der Waals surface area contributed by atoms with Crippen LogP contribution < -0.4 is 24.5 Å². The SMILES string of the molecule is CCOC(=O)C1=C(C)N=c2s/c(=C/c3ccc(N4CCCCC4)o3)c(=O)n2C1c1ccccc1OC. The highest BCUT2D eigenvalue weighted by molar-refractivity contribution is 7.07. The van der Waals surface area contributed by atoms with Crippen molar-refractivity contribution in [1.82, 2.24) is 4.57 Å². The van der Waals surface area contributed by atoms with Crippen molar-refractivity contribution < 1.29 is 18.7 Å². The summed E-state index contributed by atoms with van der Waals surface area (Å²) in [5.74, 6) is 1.50. The first-order valence-electron chi connectivity index (χ1n) is 12.2. The number of carbonyl (C=O) groups excluding carboxylic acids is 1. The summed E-state index contributed by atoms with van der Waals surface area (Å²) in [5.41, 5.74) is 1.28. The van der Waals surface area contributed by atoms with Gasteiger partial charge in [0, 0.05) is 30.8 Å². The summed E-state index contributed by atoms with van der Waals surface area (Å²) in [6.07, 6.45) is 5.30. The van der Waals surface area contributed by atoms with Gasteiger partial charge in [0.2, 0.25) is 0 Å². The number of nitrogens with zero attached hydrogens (tertiary/aromatic N) is 3. The van der Waals surface area contributed by atoms with Gasteiger partial charge in [-0.15, -0.1) is 0 Å². The number of benzene rings is 1. The number of aromatic nitrogens is 1. The van der Waals surface area contributed by atoms with Crippen LogP contribution in [0.4, 0.5) is 5.88 Å². The lowest BCUT2D eigenvalue weighted by Crippen LogP contribution is -2.40. The minimum Gasteiger partial charge on any atom is -0.496 e. The number of anilines is 1. The third-order valence-electron chi connectivity index (χ3n) is 6.50. The average molecular weight is 508 g/mol. The van der Waals surface area contributed by atoms with E-state index in [0.29, 0.717) is 37.7 Å². The van der Waals surface area contributed by atoms with Gasteiger partial charge in [-0.3, -0.25) is 9.36 Å². The molecule has 0 amide bonds. The van der Waals surface area contributed by atoms with Crippen LogP contribution in [-0.4, -0.2) is 37.3 Å². The van der Waals surface area contributed by atoms with Crippen molar-refractivity contribution in [2.24, 2.45) is 4.99 Å². The molecule has 1 atom stereocenters. The maximum Gasteiger partial charge on any atom is 0.338 e. The molecule has 2 aliphatic heterocycles. The lowest BCUT2D eigenvalue weighted by Gasteiger charge is -2.25. The fraction of sp³-hybridized carbons (Fsp3) is 0.370. The molecule has 2 aromatic heterocycles. The Balaban J connectivity index is 1.63. The van der Waals surface area contributed by atoms with E-state index in [0.717, 1.165) is 31.8 Å². The van der Waals surface area contributed by atoms with E-state index >= 15 is 0 Å². The molecule has 1 fully saturated rings. The van der Waals surface area contributed by atoms with Crippen LogP contribution in [0.15, 0.2) is 61.9 Å². The molecule has 188 valence electrons. The van der Waals surface area contributed by atoms with Crippen LogP contribution in [0.3, 0.4) is 0 Å². The molecule has 5 rings (SSSR count). The van der Waals surface area contributed by atoms with E-state index in [1.165, 1.54) is 17.8 Å². The zero-order valence-corrected chi connectivity index (χ0v) is 21.5. The van der Waals surface area contributed by atoms with Gasteiger partial charge in [0.25, 0.3) is 5.56 Å². The van der Waals surface area contributed by atoms with Crippen molar-refractivity contribution in [1.29, 1.82) is 0 Å². The van der Waals surface area contributed by atoms with Crippen LogP contribution in [0, 0.1) is 0 Å². The first-order chi connectivity index (χ1) is 17.5. The standard InChI is InChI=1S/C27H29N3O5S/c1-4-34-26(32)23-17(2)28-27-30(24(23)19-10-6-7-11-20(19)33-3)25(31)21(36-27)16-18-12-13-22(35-18)29-14-8-5-9-15-29/h6-7,10-13,16,24H,4-5,8-9,14-15H2,1-3H3/b21-16+.